The van der Waals surface area contributed by atoms with Crippen molar-refractivity contribution < 1.29 is 40.5 Å². The van der Waals surface area contributed by atoms with E-state index >= 15 is 0 Å². The Labute approximate surface area is 218 Å². The number of carbonyl (C=O) groups excluding carboxylic acids is 1. The molecule has 0 aromatic carbocycles. The predicted molar refractivity (Wildman–Crippen MR) is 123 cm³/mol. The summed E-state index contributed by atoms with van der Waals surface area (Å²) in [5.41, 5.74) is 1.59. The Kier molecular flexibility index (Phi) is 5.97. The summed E-state index contributed by atoms with van der Waals surface area (Å²) in [6.45, 7) is 0.714. The number of nitrogens with one attached hydrogen (secondary N) is 1. The fraction of sp³-hybridized carbons (Fsp3) is 0.652. The number of amides is 2. The number of urea groups is 1. The number of hydrogen-bond acceptors (Lipinski definition) is 7. The topological polar surface area (TPSA) is 96.6 Å². The zero-order chi connectivity index (χ0) is 29.7. The van der Waals surface area contributed by atoms with Gasteiger partial charge in [0.1, 0.15) is 6.04 Å². The number of methoxy groups -OCH3 is 1. The number of halogens is 5. The smallest absolute Gasteiger partial charge is 0.382 e. The standard InChI is InChI=1S/C23H28F5N7O3/c1-13-9-35(38-32-13)20(14-3-5-22(24,25)6-4-14)16-10-34-19(30-16)7-15(8-29-34)17(12-37-2)33-11-18(23(26,27)28)31-21(33)36/h7-8,10,14,17-18,20H,3-6,9,11-12H2,1-2H3,(H,31,36)/t17-,18-,20-/m0/s1/i2D3. The van der Waals surface area contributed by atoms with Gasteiger partial charge >= 0.3 is 12.2 Å². The van der Waals surface area contributed by atoms with Crippen molar-refractivity contribution in [3.8, 4) is 0 Å². The first kappa shape index (κ1) is 22.9. The molecule has 0 spiro atoms. The second-order valence-electron chi connectivity index (χ2n) is 9.90. The lowest BCUT2D eigenvalue weighted by Gasteiger charge is -2.35. The molecule has 10 nitrogen and oxygen atoms in total. The summed E-state index contributed by atoms with van der Waals surface area (Å²) in [6.07, 6.45) is -1.93. The molecule has 1 N–H and O–H groups in total. The Bertz CT molecular complexity index is 1310. The molecule has 4 heterocycles. The third-order valence-corrected chi connectivity index (χ3v) is 7.20. The van der Waals surface area contributed by atoms with E-state index in [1.165, 1.54) is 16.8 Å². The molecular weight excluding hydrogens is 517 g/mol. The maximum Gasteiger partial charge on any atom is 0.410 e. The highest BCUT2D eigenvalue weighted by Crippen LogP contribution is 2.44. The average molecular weight is 549 g/mol. The Morgan fingerprint density at radius 2 is 2.11 bits per heavy atom. The lowest BCUT2D eigenvalue weighted by molar-refractivity contribution is -0.183. The Balaban J connectivity index is 1.46. The van der Waals surface area contributed by atoms with Crippen LogP contribution in [-0.2, 0) is 9.68 Å². The van der Waals surface area contributed by atoms with Crippen LogP contribution in [0.3, 0.4) is 0 Å². The minimum atomic E-state index is -4.71. The zero-order valence-electron chi connectivity index (χ0n) is 23.3. The third kappa shape index (κ3) is 5.25. The number of aromatic nitrogens is 3. The maximum absolute atomic E-state index is 13.9. The van der Waals surface area contributed by atoms with E-state index in [0.717, 1.165) is 4.90 Å². The van der Waals surface area contributed by atoms with E-state index < -0.39 is 56.4 Å². The molecule has 0 unspecified atom stereocenters. The van der Waals surface area contributed by atoms with Crippen molar-refractivity contribution >= 4 is 17.4 Å². The molecule has 2 aromatic rings. The fourth-order valence-electron chi connectivity index (χ4n) is 5.25. The number of imidazole rings is 1. The van der Waals surface area contributed by atoms with Crippen molar-refractivity contribution in [2.75, 3.05) is 26.7 Å². The first-order chi connectivity index (χ1) is 19.1. The molecule has 2 aliphatic heterocycles. The summed E-state index contributed by atoms with van der Waals surface area (Å²) >= 11 is 0. The van der Waals surface area contributed by atoms with E-state index in [1.54, 1.807) is 18.2 Å². The molecule has 5 rings (SSSR count). The van der Waals surface area contributed by atoms with Gasteiger partial charge < -0.3 is 15.0 Å². The molecule has 1 saturated heterocycles. The Morgan fingerprint density at radius 3 is 2.74 bits per heavy atom. The number of ether oxygens (including phenoxy) is 1. The van der Waals surface area contributed by atoms with Crippen LogP contribution >= 0.6 is 0 Å². The maximum atomic E-state index is 13.9. The SMILES string of the molecule is [2H]C([2H])([2H])OC[C@@H](c1cnn2cc([C@H](C3CCC(F)(F)CC3)N3CC(C)=NO3)nc2c1)N1C[C@@H](C(F)(F)F)NC1=O. The molecule has 208 valence electrons. The summed E-state index contributed by atoms with van der Waals surface area (Å²) < 4.78 is 96.2. The quantitative estimate of drug-likeness (QED) is 0.528. The van der Waals surface area contributed by atoms with Gasteiger partial charge in [0, 0.05) is 25.4 Å². The van der Waals surface area contributed by atoms with Gasteiger partial charge in [-0.3, -0.25) is 4.94 Å². The summed E-state index contributed by atoms with van der Waals surface area (Å²) in [6, 6.07) is -3.48. The number of hydrogen-bond donors (Lipinski definition) is 1. The highest BCUT2D eigenvalue weighted by atomic mass is 19.4. The van der Waals surface area contributed by atoms with Crippen molar-refractivity contribution in [1.82, 2.24) is 29.9 Å². The van der Waals surface area contributed by atoms with Crippen molar-refractivity contribution in [2.24, 2.45) is 11.1 Å². The van der Waals surface area contributed by atoms with Crippen molar-refractivity contribution in [3.63, 3.8) is 0 Å². The van der Waals surface area contributed by atoms with E-state index in [9.17, 15) is 26.7 Å². The molecular formula is C23H28F5N7O3. The van der Waals surface area contributed by atoms with Crippen molar-refractivity contribution in [2.45, 2.75) is 62.8 Å². The second-order valence-corrected chi connectivity index (χ2v) is 9.90. The van der Waals surface area contributed by atoms with Gasteiger partial charge in [-0.05, 0) is 31.7 Å². The Hall–Kier alpha value is -3.07. The normalized spacial score (nSPS) is 25.9. The van der Waals surface area contributed by atoms with E-state index in [1.807, 2.05) is 5.32 Å². The highest BCUT2D eigenvalue weighted by Gasteiger charge is 2.49. The molecule has 3 aliphatic rings. The summed E-state index contributed by atoms with van der Waals surface area (Å²) in [5.74, 6) is -2.97. The van der Waals surface area contributed by atoms with Crippen LogP contribution in [0.4, 0.5) is 26.7 Å². The fourth-order valence-corrected chi connectivity index (χ4v) is 5.25. The van der Waals surface area contributed by atoms with Crippen molar-refractivity contribution in [3.05, 3.63) is 29.7 Å². The minimum Gasteiger partial charge on any atom is -0.382 e. The molecule has 2 aromatic heterocycles. The largest absolute Gasteiger partial charge is 0.410 e. The first-order valence-electron chi connectivity index (χ1n) is 13.6. The first-order valence-corrected chi connectivity index (χ1v) is 12.1. The highest BCUT2D eigenvalue weighted by molar-refractivity contribution is 5.84. The van der Waals surface area contributed by atoms with Crippen LogP contribution in [0.2, 0.25) is 0 Å². The van der Waals surface area contributed by atoms with Gasteiger partial charge in [-0.25, -0.2) is 23.1 Å². The van der Waals surface area contributed by atoms with E-state index in [-0.39, 0.29) is 42.8 Å². The van der Waals surface area contributed by atoms with E-state index in [0.29, 0.717) is 18.0 Å². The van der Waals surface area contributed by atoms with Crippen LogP contribution in [0.1, 0.15) is 60.1 Å². The number of hydroxylamine groups is 2. The minimum absolute atomic E-state index is 0.197. The molecule has 38 heavy (non-hydrogen) atoms. The predicted octanol–water partition coefficient (Wildman–Crippen LogP) is 3.86. The van der Waals surface area contributed by atoms with Gasteiger partial charge in [0.05, 0.1) is 59.7 Å². The number of alkyl halides is 5. The average Bonchev–Trinajstić information content (AvgIpc) is 3.58. The second kappa shape index (κ2) is 9.91. The van der Waals surface area contributed by atoms with Gasteiger partial charge in [0.2, 0.25) is 5.92 Å². The molecule has 0 bridgehead atoms. The van der Waals surface area contributed by atoms with E-state index in [2.05, 4.69) is 15.2 Å². The van der Waals surface area contributed by atoms with Gasteiger partial charge in [-0.15, -0.1) is 5.06 Å². The van der Waals surface area contributed by atoms with Crippen LogP contribution < -0.4 is 5.32 Å². The van der Waals surface area contributed by atoms with E-state index in [4.69, 9.17) is 13.8 Å². The molecule has 0 radical (unpaired) electrons. The van der Waals surface area contributed by atoms with Crippen LogP contribution in [0, 0.1) is 5.92 Å². The number of carbonyl (C=O) groups is 1. The van der Waals surface area contributed by atoms with Gasteiger partial charge in [0.25, 0.3) is 0 Å². The molecule has 2 fully saturated rings. The molecule has 15 heteroatoms. The van der Waals surface area contributed by atoms with Crippen LogP contribution in [-0.4, -0.2) is 81.2 Å². The molecule has 1 saturated carbocycles. The summed E-state index contributed by atoms with van der Waals surface area (Å²) in [5, 5.41) is 11.7. The molecule has 2 amide bonds. The summed E-state index contributed by atoms with van der Waals surface area (Å²) in [7, 11) is -2.87. The lowest BCUT2D eigenvalue weighted by Crippen LogP contribution is -2.40. The number of oxime groups is 1. The number of fused-ring (bicyclic) bond motifs is 1. The number of nitrogens with zero attached hydrogens (tertiary/aromatic N) is 6. The molecule has 1 aliphatic carbocycles. The van der Waals surface area contributed by atoms with Crippen LogP contribution in [0.5, 0.6) is 0 Å². The van der Waals surface area contributed by atoms with Gasteiger partial charge in [-0.2, -0.15) is 18.3 Å². The lowest BCUT2D eigenvalue weighted by atomic mass is 9.81. The van der Waals surface area contributed by atoms with Gasteiger partial charge in [-0.1, -0.05) is 5.16 Å². The van der Waals surface area contributed by atoms with Crippen LogP contribution in [0.15, 0.2) is 23.6 Å². The summed E-state index contributed by atoms with van der Waals surface area (Å²) in [4.78, 5) is 23.5. The van der Waals surface area contributed by atoms with Crippen molar-refractivity contribution in [1.29, 1.82) is 0 Å². The number of rotatable bonds is 7. The van der Waals surface area contributed by atoms with Gasteiger partial charge in [0.15, 0.2) is 5.65 Å². The molecule has 3 atom stereocenters. The Morgan fingerprint density at radius 1 is 1.34 bits per heavy atom. The third-order valence-electron chi connectivity index (χ3n) is 7.20. The van der Waals surface area contributed by atoms with Crippen LogP contribution in [0.25, 0.3) is 5.65 Å². The monoisotopic (exact) mass is 548 g/mol. The zero-order valence-corrected chi connectivity index (χ0v) is 20.3.